The van der Waals surface area contributed by atoms with E-state index in [1.54, 1.807) is 11.8 Å². The van der Waals surface area contributed by atoms with Gasteiger partial charge in [-0.25, -0.2) is 4.79 Å². The van der Waals surface area contributed by atoms with E-state index >= 15 is 0 Å². The summed E-state index contributed by atoms with van der Waals surface area (Å²) in [5, 5.41) is 2.73. The average Bonchev–Trinajstić information content (AvgIpc) is 2.57. The van der Waals surface area contributed by atoms with Gasteiger partial charge >= 0.3 is 12.0 Å². The Labute approximate surface area is 136 Å². The SMILES string of the molecule is CCOC(=O)C1CCN(C(=O)NCOc2ccc(C)cc2)CC1. The van der Waals surface area contributed by atoms with Crippen LogP contribution in [0.1, 0.15) is 25.3 Å². The van der Waals surface area contributed by atoms with Crippen molar-refractivity contribution in [1.29, 1.82) is 0 Å². The maximum atomic E-state index is 12.1. The number of nitrogens with one attached hydrogen (secondary N) is 1. The number of piperidine rings is 1. The summed E-state index contributed by atoms with van der Waals surface area (Å²) in [5.41, 5.74) is 1.16. The molecular formula is C17H24N2O4. The number of ether oxygens (including phenoxy) is 2. The number of carbonyl (C=O) groups is 2. The fourth-order valence-corrected chi connectivity index (χ4v) is 2.51. The molecule has 23 heavy (non-hydrogen) atoms. The summed E-state index contributed by atoms with van der Waals surface area (Å²) in [6.45, 7) is 5.44. The molecule has 0 radical (unpaired) electrons. The Hall–Kier alpha value is -2.24. The van der Waals surface area contributed by atoms with Gasteiger partial charge in [0, 0.05) is 13.1 Å². The number of rotatable bonds is 5. The van der Waals surface area contributed by atoms with Crippen molar-refractivity contribution in [2.24, 2.45) is 5.92 Å². The van der Waals surface area contributed by atoms with E-state index < -0.39 is 0 Å². The lowest BCUT2D eigenvalue weighted by Crippen LogP contribution is -2.46. The van der Waals surface area contributed by atoms with E-state index in [4.69, 9.17) is 9.47 Å². The minimum atomic E-state index is -0.167. The molecule has 2 rings (SSSR count). The molecule has 1 aromatic carbocycles. The Balaban J connectivity index is 1.68. The third-order valence-corrected chi connectivity index (χ3v) is 3.89. The van der Waals surface area contributed by atoms with Crippen LogP contribution >= 0.6 is 0 Å². The molecule has 0 unspecified atom stereocenters. The second-order valence-electron chi connectivity index (χ2n) is 5.60. The second kappa shape index (κ2) is 8.41. The summed E-state index contributed by atoms with van der Waals surface area (Å²) < 4.78 is 10.5. The fourth-order valence-electron chi connectivity index (χ4n) is 2.51. The third kappa shape index (κ3) is 5.16. The van der Waals surface area contributed by atoms with Crippen molar-refractivity contribution in [3.63, 3.8) is 0 Å². The van der Waals surface area contributed by atoms with Crippen LogP contribution in [-0.4, -0.2) is 43.3 Å². The number of carbonyl (C=O) groups excluding carboxylic acids is 2. The highest BCUT2D eigenvalue weighted by Gasteiger charge is 2.28. The van der Waals surface area contributed by atoms with Gasteiger partial charge in [-0.3, -0.25) is 4.79 Å². The molecule has 1 heterocycles. The molecule has 1 N–H and O–H groups in total. The molecule has 1 saturated heterocycles. The monoisotopic (exact) mass is 320 g/mol. The van der Waals surface area contributed by atoms with E-state index in [0.717, 1.165) is 11.3 Å². The van der Waals surface area contributed by atoms with Crippen molar-refractivity contribution in [2.75, 3.05) is 26.4 Å². The Morgan fingerprint density at radius 2 is 1.87 bits per heavy atom. The number of hydrogen-bond donors (Lipinski definition) is 1. The summed E-state index contributed by atoms with van der Waals surface area (Å²) in [5.74, 6) is 0.468. The van der Waals surface area contributed by atoms with Crippen LogP contribution in [0.5, 0.6) is 5.75 Å². The van der Waals surface area contributed by atoms with Crippen LogP contribution in [0, 0.1) is 12.8 Å². The summed E-state index contributed by atoms with van der Waals surface area (Å²) >= 11 is 0. The number of nitrogens with zero attached hydrogens (tertiary/aromatic N) is 1. The third-order valence-electron chi connectivity index (χ3n) is 3.89. The van der Waals surface area contributed by atoms with Crippen molar-refractivity contribution >= 4 is 12.0 Å². The van der Waals surface area contributed by atoms with Crippen molar-refractivity contribution in [1.82, 2.24) is 10.2 Å². The Kier molecular flexibility index (Phi) is 6.26. The van der Waals surface area contributed by atoms with Gasteiger partial charge in [0.2, 0.25) is 0 Å². The van der Waals surface area contributed by atoms with Crippen molar-refractivity contribution in [3.05, 3.63) is 29.8 Å². The van der Waals surface area contributed by atoms with Gasteiger partial charge in [0.15, 0.2) is 6.73 Å². The first kappa shape index (κ1) is 17.1. The van der Waals surface area contributed by atoms with E-state index in [-0.39, 0.29) is 24.6 Å². The standard InChI is InChI=1S/C17H24N2O4/c1-3-22-16(20)14-8-10-19(11-9-14)17(21)18-12-23-15-6-4-13(2)5-7-15/h4-7,14H,3,8-12H2,1-2H3,(H,18,21). The van der Waals surface area contributed by atoms with Crippen LogP contribution < -0.4 is 10.1 Å². The number of amides is 2. The molecule has 0 bridgehead atoms. The van der Waals surface area contributed by atoms with Crippen molar-refractivity contribution in [3.8, 4) is 5.75 Å². The quantitative estimate of drug-likeness (QED) is 0.668. The van der Waals surface area contributed by atoms with Gasteiger partial charge < -0.3 is 19.7 Å². The molecule has 6 nitrogen and oxygen atoms in total. The minimum Gasteiger partial charge on any atom is -0.473 e. The summed E-state index contributed by atoms with van der Waals surface area (Å²) in [4.78, 5) is 25.4. The van der Waals surface area contributed by atoms with Crippen LogP contribution in [-0.2, 0) is 9.53 Å². The summed E-state index contributed by atoms with van der Waals surface area (Å²) in [6.07, 6.45) is 1.29. The lowest BCUT2D eigenvalue weighted by molar-refractivity contribution is -0.149. The highest BCUT2D eigenvalue weighted by Crippen LogP contribution is 2.18. The summed E-state index contributed by atoms with van der Waals surface area (Å²) in [7, 11) is 0. The largest absolute Gasteiger partial charge is 0.473 e. The van der Waals surface area contributed by atoms with Crippen molar-refractivity contribution in [2.45, 2.75) is 26.7 Å². The van der Waals surface area contributed by atoms with Gasteiger partial charge in [-0.05, 0) is 38.8 Å². The number of aryl methyl sites for hydroxylation is 1. The normalized spacial score (nSPS) is 15.1. The second-order valence-corrected chi connectivity index (χ2v) is 5.60. The van der Waals surface area contributed by atoms with Crippen LogP contribution in [0.4, 0.5) is 4.79 Å². The van der Waals surface area contributed by atoms with E-state index in [2.05, 4.69) is 5.32 Å². The molecular weight excluding hydrogens is 296 g/mol. The zero-order chi connectivity index (χ0) is 16.7. The van der Waals surface area contributed by atoms with Crippen molar-refractivity contribution < 1.29 is 19.1 Å². The summed E-state index contributed by atoms with van der Waals surface area (Å²) in [6, 6.07) is 7.48. The van der Waals surface area contributed by atoms with Gasteiger partial charge in [-0.15, -0.1) is 0 Å². The number of benzene rings is 1. The molecule has 0 aliphatic carbocycles. The predicted octanol–water partition coefficient (Wildman–Crippen LogP) is 2.32. The molecule has 0 spiro atoms. The zero-order valence-corrected chi connectivity index (χ0v) is 13.7. The maximum Gasteiger partial charge on any atom is 0.320 e. The highest BCUT2D eigenvalue weighted by atomic mass is 16.5. The van der Waals surface area contributed by atoms with Gasteiger partial charge in [0.25, 0.3) is 0 Å². The number of esters is 1. The van der Waals surface area contributed by atoms with Crippen LogP contribution in [0.25, 0.3) is 0 Å². The van der Waals surface area contributed by atoms with E-state index in [0.29, 0.717) is 32.5 Å². The van der Waals surface area contributed by atoms with E-state index in [1.807, 2.05) is 31.2 Å². The van der Waals surface area contributed by atoms with E-state index in [9.17, 15) is 9.59 Å². The number of urea groups is 1. The molecule has 1 aliphatic rings. The molecule has 126 valence electrons. The topological polar surface area (TPSA) is 67.9 Å². The molecule has 1 fully saturated rings. The first-order valence-corrected chi connectivity index (χ1v) is 7.99. The van der Waals surface area contributed by atoms with Crippen LogP contribution in [0.15, 0.2) is 24.3 Å². The van der Waals surface area contributed by atoms with Crippen LogP contribution in [0.2, 0.25) is 0 Å². The van der Waals surface area contributed by atoms with E-state index in [1.165, 1.54) is 0 Å². The molecule has 0 saturated carbocycles. The molecule has 6 heteroatoms. The lowest BCUT2D eigenvalue weighted by atomic mass is 9.97. The minimum absolute atomic E-state index is 0.0946. The molecule has 1 aromatic rings. The zero-order valence-electron chi connectivity index (χ0n) is 13.7. The fraction of sp³-hybridized carbons (Fsp3) is 0.529. The molecule has 2 amide bonds. The Morgan fingerprint density at radius 1 is 1.22 bits per heavy atom. The molecule has 0 atom stereocenters. The van der Waals surface area contributed by atoms with Gasteiger partial charge in [-0.1, -0.05) is 17.7 Å². The number of likely N-dealkylation sites (tertiary alicyclic amines) is 1. The van der Waals surface area contributed by atoms with Gasteiger partial charge in [-0.2, -0.15) is 0 Å². The molecule has 1 aliphatic heterocycles. The average molecular weight is 320 g/mol. The first-order chi connectivity index (χ1) is 11.1. The highest BCUT2D eigenvalue weighted by molar-refractivity contribution is 5.75. The molecule has 0 aromatic heterocycles. The first-order valence-electron chi connectivity index (χ1n) is 7.99. The predicted molar refractivity (Wildman–Crippen MR) is 86.1 cm³/mol. The lowest BCUT2D eigenvalue weighted by Gasteiger charge is -2.30. The smallest absolute Gasteiger partial charge is 0.320 e. The van der Waals surface area contributed by atoms with Gasteiger partial charge in [0.05, 0.1) is 12.5 Å². The number of hydrogen-bond acceptors (Lipinski definition) is 4. The Bertz CT molecular complexity index is 522. The maximum absolute atomic E-state index is 12.1. The Morgan fingerprint density at radius 3 is 2.48 bits per heavy atom. The van der Waals surface area contributed by atoms with Crippen LogP contribution in [0.3, 0.4) is 0 Å². The van der Waals surface area contributed by atoms with Gasteiger partial charge in [0.1, 0.15) is 5.75 Å².